The van der Waals surface area contributed by atoms with Crippen LogP contribution in [0.2, 0.25) is 0 Å². The lowest BCUT2D eigenvalue weighted by atomic mass is 9.81. The Morgan fingerprint density at radius 3 is 2.18 bits per heavy atom. The van der Waals surface area contributed by atoms with Gasteiger partial charge in [0.1, 0.15) is 0 Å². The Hall–Kier alpha value is -1.39. The number of hydrogen-bond donors (Lipinski definition) is 1. The molecule has 2 rings (SSSR count). The van der Waals surface area contributed by atoms with Gasteiger partial charge in [-0.15, -0.1) is 0 Å². The number of hydrogen-bond acceptors (Lipinski definition) is 3. The summed E-state index contributed by atoms with van der Waals surface area (Å²) in [6.07, 6.45) is 4.01. The average Bonchev–Trinajstić information content (AvgIpc) is 2.54. The maximum atomic E-state index is 12.0. The summed E-state index contributed by atoms with van der Waals surface area (Å²) in [4.78, 5) is 35.6. The van der Waals surface area contributed by atoms with Crippen molar-refractivity contribution in [3.05, 3.63) is 0 Å². The number of likely N-dealkylation sites (tertiary alicyclic amines) is 1. The number of imide groups is 1. The standard InChI is InChI=1S/C12H17NO4/c14-10(15)6-3-7-13-11(16)8-4-1-2-5-9(8)12(13)17/h8-9H,1-7H2,(H,14,15). The summed E-state index contributed by atoms with van der Waals surface area (Å²) in [7, 11) is 0. The van der Waals surface area contributed by atoms with Crippen LogP contribution in [0.3, 0.4) is 0 Å². The molecule has 0 radical (unpaired) electrons. The first kappa shape index (κ1) is 12.1. The minimum absolute atomic E-state index is 0.00634. The number of carbonyl (C=O) groups is 3. The molecule has 1 N–H and O–H groups in total. The van der Waals surface area contributed by atoms with E-state index in [0.29, 0.717) is 6.42 Å². The minimum Gasteiger partial charge on any atom is -0.481 e. The Labute approximate surface area is 99.8 Å². The summed E-state index contributed by atoms with van der Waals surface area (Å²) >= 11 is 0. The quantitative estimate of drug-likeness (QED) is 0.743. The van der Waals surface area contributed by atoms with Gasteiger partial charge < -0.3 is 5.11 Å². The van der Waals surface area contributed by atoms with Gasteiger partial charge in [0.05, 0.1) is 11.8 Å². The Morgan fingerprint density at radius 1 is 1.18 bits per heavy atom. The van der Waals surface area contributed by atoms with Crippen LogP contribution in [0.4, 0.5) is 0 Å². The fraction of sp³-hybridized carbons (Fsp3) is 0.750. The third-order valence-electron chi connectivity index (χ3n) is 3.70. The first-order chi connectivity index (χ1) is 8.11. The van der Waals surface area contributed by atoms with Crippen molar-refractivity contribution in [3.63, 3.8) is 0 Å². The molecule has 2 unspecified atom stereocenters. The van der Waals surface area contributed by atoms with E-state index in [4.69, 9.17) is 5.11 Å². The summed E-state index contributed by atoms with van der Waals surface area (Å²) in [5.74, 6) is -1.29. The number of carboxylic acids is 1. The van der Waals surface area contributed by atoms with Gasteiger partial charge in [-0.25, -0.2) is 0 Å². The highest BCUT2D eigenvalue weighted by Gasteiger charge is 2.47. The number of fused-ring (bicyclic) bond motifs is 1. The molecule has 0 aromatic carbocycles. The zero-order valence-electron chi connectivity index (χ0n) is 9.72. The van der Waals surface area contributed by atoms with Crippen molar-refractivity contribution >= 4 is 17.8 Å². The third kappa shape index (κ3) is 2.33. The molecule has 2 amide bonds. The molecular formula is C12H17NO4. The van der Waals surface area contributed by atoms with E-state index in [1.54, 1.807) is 0 Å². The normalized spacial score (nSPS) is 28.4. The highest BCUT2D eigenvalue weighted by molar-refractivity contribution is 6.05. The molecule has 1 saturated carbocycles. The van der Waals surface area contributed by atoms with E-state index in [9.17, 15) is 14.4 Å². The summed E-state index contributed by atoms with van der Waals surface area (Å²) in [6, 6.07) is 0. The predicted molar refractivity (Wildman–Crippen MR) is 59.0 cm³/mol. The number of aliphatic carboxylic acids is 1. The van der Waals surface area contributed by atoms with Crippen LogP contribution in [0, 0.1) is 11.8 Å². The number of carboxylic acid groups (broad SMARTS) is 1. The van der Waals surface area contributed by atoms with Gasteiger partial charge >= 0.3 is 5.97 Å². The number of nitrogens with zero attached hydrogens (tertiary/aromatic N) is 1. The van der Waals surface area contributed by atoms with Crippen molar-refractivity contribution in [2.24, 2.45) is 11.8 Å². The minimum atomic E-state index is -0.887. The van der Waals surface area contributed by atoms with Gasteiger partial charge in [-0.1, -0.05) is 12.8 Å². The topological polar surface area (TPSA) is 74.7 Å². The molecular weight excluding hydrogens is 222 g/mol. The van der Waals surface area contributed by atoms with E-state index in [1.165, 1.54) is 4.90 Å². The van der Waals surface area contributed by atoms with Crippen LogP contribution < -0.4 is 0 Å². The molecule has 94 valence electrons. The van der Waals surface area contributed by atoms with Gasteiger partial charge in [-0.05, 0) is 19.3 Å². The Morgan fingerprint density at radius 2 is 1.71 bits per heavy atom. The molecule has 17 heavy (non-hydrogen) atoms. The molecule has 5 heteroatoms. The largest absolute Gasteiger partial charge is 0.481 e. The summed E-state index contributed by atoms with van der Waals surface area (Å²) in [6.45, 7) is 0.261. The zero-order chi connectivity index (χ0) is 12.4. The van der Waals surface area contributed by atoms with Gasteiger partial charge in [0.2, 0.25) is 11.8 Å². The second-order valence-electron chi connectivity index (χ2n) is 4.82. The van der Waals surface area contributed by atoms with Crippen LogP contribution in [0.25, 0.3) is 0 Å². The third-order valence-corrected chi connectivity index (χ3v) is 3.70. The predicted octanol–water partition coefficient (Wildman–Crippen LogP) is 1.03. The van der Waals surface area contributed by atoms with Crippen LogP contribution in [-0.4, -0.2) is 34.3 Å². The van der Waals surface area contributed by atoms with E-state index in [2.05, 4.69) is 0 Å². The van der Waals surface area contributed by atoms with Gasteiger partial charge in [0.25, 0.3) is 0 Å². The molecule has 0 aromatic heterocycles. The molecule has 1 aliphatic carbocycles. The van der Waals surface area contributed by atoms with Gasteiger partial charge in [-0.3, -0.25) is 19.3 Å². The molecule has 5 nitrogen and oxygen atoms in total. The van der Waals surface area contributed by atoms with E-state index in [0.717, 1.165) is 25.7 Å². The highest BCUT2D eigenvalue weighted by atomic mass is 16.4. The monoisotopic (exact) mass is 239 g/mol. The Bertz CT molecular complexity index is 328. The van der Waals surface area contributed by atoms with Crippen LogP contribution in [0.5, 0.6) is 0 Å². The fourth-order valence-corrected chi connectivity index (χ4v) is 2.84. The van der Waals surface area contributed by atoms with E-state index >= 15 is 0 Å². The van der Waals surface area contributed by atoms with Crippen LogP contribution in [-0.2, 0) is 14.4 Å². The number of rotatable bonds is 4. The Balaban J connectivity index is 1.96. The molecule has 2 atom stereocenters. The summed E-state index contributed by atoms with van der Waals surface area (Å²) in [5, 5.41) is 8.54. The van der Waals surface area contributed by atoms with Gasteiger partial charge in [0.15, 0.2) is 0 Å². The maximum Gasteiger partial charge on any atom is 0.303 e. The molecule has 1 heterocycles. The fourth-order valence-electron chi connectivity index (χ4n) is 2.84. The average molecular weight is 239 g/mol. The summed E-state index contributed by atoms with van der Waals surface area (Å²) in [5.41, 5.74) is 0. The van der Waals surface area contributed by atoms with Crippen LogP contribution in [0.15, 0.2) is 0 Å². The molecule has 0 aromatic rings. The SMILES string of the molecule is O=C(O)CCCN1C(=O)C2CCCCC2C1=O. The smallest absolute Gasteiger partial charge is 0.303 e. The second-order valence-corrected chi connectivity index (χ2v) is 4.82. The molecule has 2 aliphatic rings. The number of carbonyl (C=O) groups excluding carboxylic acids is 2. The second kappa shape index (κ2) is 4.85. The lowest BCUT2D eigenvalue weighted by Crippen LogP contribution is -2.32. The van der Waals surface area contributed by atoms with Crippen molar-refractivity contribution in [2.45, 2.75) is 38.5 Å². The molecule has 2 fully saturated rings. The molecule has 1 saturated heterocycles. The molecule has 0 spiro atoms. The van der Waals surface area contributed by atoms with Gasteiger partial charge in [-0.2, -0.15) is 0 Å². The summed E-state index contributed by atoms with van der Waals surface area (Å²) < 4.78 is 0. The molecule has 1 aliphatic heterocycles. The van der Waals surface area contributed by atoms with Crippen molar-refractivity contribution in [1.82, 2.24) is 4.90 Å². The van der Waals surface area contributed by atoms with E-state index in [-0.39, 0.29) is 36.6 Å². The van der Waals surface area contributed by atoms with Crippen LogP contribution in [0.1, 0.15) is 38.5 Å². The van der Waals surface area contributed by atoms with Gasteiger partial charge in [0, 0.05) is 13.0 Å². The first-order valence-electron chi connectivity index (χ1n) is 6.18. The lowest BCUT2D eigenvalue weighted by molar-refractivity contribution is -0.142. The lowest BCUT2D eigenvalue weighted by Gasteiger charge is -2.19. The van der Waals surface area contributed by atoms with Crippen molar-refractivity contribution in [1.29, 1.82) is 0 Å². The Kier molecular flexibility index (Phi) is 3.45. The molecule has 0 bridgehead atoms. The zero-order valence-corrected chi connectivity index (χ0v) is 9.72. The van der Waals surface area contributed by atoms with E-state index in [1.807, 2.05) is 0 Å². The van der Waals surface area contributed by atoms with Crippen molar-refractivity contribution in [2.75, 3.05) is 6.54 Å². The first-order valence-corrected chi connectivity index (χ1v) is 6.18. The van der Waals surface area contributed by atoms with Crippen molar-refractivity contribution in [3.8, 4) is 0 Å². The van der Waals surface area contributed by atoms with Crippen molar-refractivity contribution < 1.29 is 19.5 Å². The van der Waals surface area contributed by atoms with E-state index < -0.39 is 5.97 Å². The van der Waals surface area contributed by atoms with Crippen LogP contribution >= 0.6 is 0 Å². The highest BCUT2D eigenvalue weighted by Crippen LogP contribution is 2.37. The number of amides is 2. The maximum absolute atomic E-state index is 12.0.